The fourth-order valence-corrected chi connectivity index (χ4v) is 2.26. The second kappa shape index (κ2) is 7.08. The van der Waals surface area contributed by atoms with Gasteiger partial charge in [0, 0.05) is 18.4 Å². The third-order valence-corrected chi connectivity index (χ3v) is 3.34. The zero-order chi connectivity index (χ0) is 14.4. The van der Waals surface area contributed by atoms with Gasteiger partial charge < -0.3 is 21.3 Å². The summed E-state index contributed by atoms with van der Waals surface area (Å²) in [7, 11) is 0. The minimum absolute atomic E-state index is 0.00559. The Hall–Kier alpha value is -1.63. The summed E-state index contributed by atoms with van der Waals surface area (Å²) < 4.78 is 0. The smallest absolute Gasteiger partial charge is 0.326 e. The van der Waals surface area contributed by atoms with Crippen molar-refractivity contribution in [2.75, 3.05) is 0 Å². The first-order chi connectivity index (χ1) is 8.90. The number of carboxylic acid groups (broad SMARTS) is 2. The Kier molecular flexibility index (Phi) is 5.75. The number of nitrogens with two attached hydrogens (primary N) is 1. The van der Waals surface area contributed by atoms with Crippen LogP contribution >= 0.6 is 0 Å². The number of nitrogens with one attached hydrogen (secondary N) is 1. The number of carboxylic acids is 2. The van der Waals surface area contributed by atoms with Gasteiger partial charge in [0.15, 0.2) is 0 Å². The van der Waals surface area contributed by atoms with E-state index in [0.29, 0.717) is 12.8 Å². The Morgan fingerprint density at radius 2 is 1.95 bits per heavy atom. The van der Waals surface area contributed by atoms with E-state index in [1.807, 2.05) is 0 Å². The molecule has 19 heavy (non-hydrogen) atoms. The van der Waals surface area contributed by atoms with Crippen molar-refractivity contribution < 1.29 is 24.6 Å². The van der Waals surface area contributed by atoms with E-state index in [0.717, 1.165) is 6.42 Å². The average Bonchev–Trinajstić information content (AvgIpc) is 2.73. The topological polar surface area (TPSA) is 130 Å². The van der Waals surface area contributed by atoms with Crippen LogP contribution in [0.1, 0.15) is 38.5 Å². The molecule has 0 aromatic heterocycles. The molecule has 0 aromatic carbocycles. The van der Waals surface area contributed by atoms with Crippen molar-refractivity contribution in [2.24, 2.45) is 11.7 Å². The molecule has 0 saturated heterocycles. The van der Waals surface area contributed by atoms with Gasteiger partial charge in [0.2, 0.25) is 5.91 Å². The molecule has 2 unspecified atom stereocenters. The second-order valence-corrected chi connectivity index (χ2v) is 4.96. The molecule has 0 radical (unpaired) electrons. The van der Waals surface area contributed by atoms with Gasteiger partial charge in [-0.3, -0.25) is 9.59 Å². The van der Waals surface area contributed by atoms with E-state index in [1.165, 1.54) is 0 Å². The molecule has 7 nitrogen and oxygen atoms in total. The second-order valence-electron chi connectivity index (χ2n) is 4.96. The summed E-state index contributed by atoms with van der Waals surface area (Å²) in [4.78, 5) is 33.2. The number of amides is 1. The molecule has 0 aliphatic heterocycles. The summed E-state index contributed by atoms with van der Waals surface area (Å²) in [6.45, 7) is 0. The number of carbonyl (C=O) groups is 3. The molecule has 3 atom stereocenters. The van der Waals surface area contributed by atoms with Crippen molar-refractivity contribution in [1.29, 1.82) is 0 Å². The van der Waals surface area contributed by atoms with E-state index in [2.05, 4.69) is 5.32 Å². The molecule has 1 fully saturated rings. The highest BCUT2D eigenvalue weighted by molar-refractivity contribution is 5.85. The zero-order valence-electron chi connectivity index (χ0n) is 10.7. The minimum atomic E-state index is -1.14. The van der Waals surface area contributed by atoms with Crippen LogP contribution in [-0.2, 0) is 14.4 Å². The molecule has 0 heterocycles. The molecule has 1 amide bonds. The molecule has 0 bridgehead atoms. The maximum Gasteiger partial charge on any atom is 0.326 e. The molecule has 5 N–H and O–H groups in total. The van der Waals surface area contributed by atoms with Gasteiger partial charge in [-0.2, -0.15) is 0 Å². The number of carbonyl (C=O) groups excluding carboxylic acids is 1. The lowest BCUT2D eigenvalue weighted by Gasteiger charge is -2.17. The molecule has 1 aliphatic carbocycles. The van der Waals surface area contributed by atoms with Crippen molar-refractivity contribution in [3.63, 3.8) is 0 Å². The third kappa shape index (κ3) is 5.25. The number of hydrogen-bond acceptors (Lipinski definition) is 4. The molecule has 0 spiro atoms. The Balaban J connectivity index is 2.42. The number of rotatable bonds is 7. The van der Waals surface area contributed by atoms with E-state index >= 15 is 0 Å². The van der Waals surface area contributed by atoms with Crippen LogP contribution < -0.4 is 11.1 Å². The quantitative estimate of drug-likeness (QED) is 0.513. The van der Waals surface area contributed by atoms with Gasteiger partial charge in [0.25, 0.3) is 0 Å². The molecule has 108 valence electrons. The van der Waals surface area contributed by atoms with Gasteiger partial charge >= 0.3 is 11.9 Å². The van der Waals surface area contributed by atoms with E-state index in [9.17, 15) is 14.4 Å². The average molecular weight is 272 g/mol. The predicted octanol–water partition coefficient (Wildman–Crippen LogP) is -0.0619. The van der Waals surface area contributed by atoms with Crippen molar-refractivity contribution >= 4 is 17.8 Å². The van der Waals surface area contributed by atoms with Crippen LogP contribution in [0.25, 0.3) is 0 Å². The lowest BCUT2D eigenvalue weighted by atomic mass is 10.0. The van der Waals surface area contributed by atoms with E-state index in [4.69, 9.17) is 15.9 Å². The fraction of sp³-hybridized carbons (Fsp3) is 0.750. The van der Waals surface area contributed by atoms with Crippen molar-refractivity contribution in [1.82, 2.24) is 5.32 Å². The van der Waals surface area contributed by atoms with Crippen LogP contribution in [0.3, 0.4) is 0 Å². The Labute approximate surface area is 111 Å². The summed E-state index contributed by atoms with van der Waals surface area (Å²) in [5.74, 6) is -2.63. The normalized spacial score (nSPS) is 23.8. The lowest BCUT2D eigenvalue weighted by molar-refractivity contribution is -0.143. The van der Waals surface area contributed by atoms with Crippen LogP contribution in [-0.4, -0.2) is 40.1 Å². The van der Waals surface area contributed by atoms with Crippen LogP contribution in [0.2, 0.25) is 0 Å². The fourth-order valence-electron chi connectivity index (χ4n) is 2.26. The highest BCUT2D eigenvalue weighted by Gasteiger charge is 2.30. The molecule has 1 rings (SSSR count). The predicted molar refractivity (Wildman–Crippen MR) is 66.4 cm³/mol. The Morgan fingerprint density at radius 1 is 1.26 bits per heavy atom. The summed E-state index contributed by atoms with van der Waals surface area (Å²) in [6.07, 6.45) is 2.26. The maximum absolute atomic E-state index is 11.9. The monoisotopic (exact) mass is 272 g/mol. The van der Waals surface area contributed by atoms with Crippen LogP contribution in [0, 0.1) is 5.92 Å². The summed E-state index contributed by atoms with van der Waals surface area (Å²) in [6, 6.07) is -1.02. The van der Waals surface area contributed by atoms with Gasteiger partial charge in [-0.1, -0.05) is 0 Å². The number of hydrogen-bond donors (Lipinski definition) is 4. The Bertz CT molecular complexity index is 358. The van der Waals surface area contributed by atoms with Crippen LogP contribution in [0.4, 0.5) is 0 Å². The standard InChI is InChI=1S/C12H20N2O5/c13-8-5-4-7(6-8)11(17)14-9(12(18)19)2-1-3-10(15)16/h7-9H,1-6,13H2,(H,14,17)(H,15,16)(H,18,19)/t7?,8?,9-/m1/s1. The van der Waals surface area contributed by atoms with Crippen molar-refractivity contribution in [2.45, 2.75) is 50.6 Å². The first-order valence-electron chi connectivity index (χ1n) is 6.40. The highest BCUT2D eigenvalue weighted by Crippen LogP contribution is 2.24. The molecule has 1 saturated carbocycles. The zero-order valence-corrected chi connectivity index (χ0v) is 10.7. The first kappa shape index (κ1) is 15.4. The first-order valence-corrected chi connectivity index (χ1v) is 6.40. The summed E-state index contributed by atoms with van der Waals surface area (Å²) in [5, 5.41) is 20.0. The van der Waals surface area contributed by atoms with Gasteiger partial charge in [-0.05, 0) is 32.1 Å². The third-order valence-electron chi connectivity index (χ3n) is 3.34. The Morgan fingerprint density at radius 3 is 2.42 bits per heavy atom. The molecule has 1 aliphatic rings. The molecule has 0 aromatic rings. The van der Waals surface area contributed by atoms with E-state index < -0.39 is 18.0 Å². The van der Waals surface area contributed by atoms with E-state index in [-0.39, 0.29) is 37.1 Å². The van der Waals surface area contributed by atoms with Crippen LogP contribution in [0.15, 0.2) is 0 Å². The molecule has 7 heteroatoms. The van der Waals surface area contributed by atoms with Gasteiger partial charge in [0.1, 0.15) is 6.04 Å². The lowest BCUT2D eigenvalue weighted by Crippen LogP contribution is -2.43. The van der Waals surface area contributed by atoms with Crippen molar-refractivity contribution in [3.8, 4) is 0 Å². The largest absolute Gasteiger partial charge is 0.481 e. The van der Waals surface area contributed by atoms with Crippen LogP contribution in [0.5, 0.6) is 0 Å². The summed E-state index contributed by atoms with van der Waals surface area (Å²) >= 11 is 0. The SMILES string of the molecule is NC1CCC(C(=O)N[C@H](CCCC(=O)O)C(=O)O)C1. The van der Waals surface area contributed by atoms with Gasteiger partial charge in [0.05, 0.1) is 0 Å². The van der Waals surface area contributed by atoms with Crippen molar-refractivity contribution in [3.05, 3.63) is 0 Å². The molecular weight excluding hydrogens is 252 g/mol. The molecular formula is C12H20N2O5. The highest BCUT2D eigenvalue weighted by atomic mass is 16.4. The minimum Gasteiger partial charge on any atom is -0.481 e. The van der Waals surface area contributed by atoms with Gasteiger partial charge in [-0.15, -0.1) is 0 Å². The van der Waals surface area contributed by atoms with Gasteiger partial charge in [-0.25, -0.2) is 4.79 Å². The summed E-state index contributed by atoms with van der Waals surface area (Å²) in [5.41, 5.74) is 5.71. The number of aliphatic carboxylic acids is 2. The maximum atomic E-state index is 11.9. The van der Waals surface area contributed by atoms with E-state index in [1.54, 1.807) is 0 Å².